The number of benzene rings is 2. The predicted octanol–water partition coefficient (Wildman–Crippen LogP) is 5.08. The molecule has 1 atom stereocenters. The van der Waals surface area contributed by atoms with Gasteiger partial charge >= 0.3 is 12.1 Å². The van der Waals surface area contributed by atoms with Crippen LogP contribution in [0.4, 0.5) is 4.79 Å². The summed E-state index contributed by atoms with van der Waals surface area (Å²) in [5.74, 6) is -1.07. The van der Waals surface area contributed by atoms with Gasteiger partial charge in [-0.15, -0.1) is 11.3 Å². The number of ether oxygens (including phenoxy) is 1. The van der Waals surface area contributed by atoms with Gasteiger partial charge in [0, 0.05) is 11.3 Å². The average Bonchev–Trinajstić information content (AvgIpc) is 3.34. The molecule has 1 aromatic heterocycles. The molecule has 0 spiro atoms. The number of aromatic nitrogens is 1. The molecule has 2 aromatic carbocycles. The number of rotatable bonds is 6. The van der Waals surface area contributed by atoms with Crippen molar-refractivity contribution in [3.05, 3.63) is 75.7 Å². The largest absolute Gasteiger partial charge is 0.476 e. The first-order chi connectivity index (χ1) is 14.5. The van der Waals surface area contributed by atoms with E-state index in [1.165, 1.54) is 27.8 Å². The van der Waals surface area contributed by atoms with E-state index >= 15 is 0 Å². The Kier molecular flexibility index (Phi) is 5.55. The first-order valence-corrected chi connectivity index (χ1v) is 10.6. The van der Waals surface area contributed by atoms with Crippen LogP contribution in [0.3, 0.4) is 0 Å². The summed E-state index contributed by atoms with van der Waals surface area (Å²) in [7, 11) is 0. The third-order valence-corrected chi connectivity index (χ3v) is 6.22. The van der Waals surface area contributed by atoms with E-state index in [0.717, 1.165) is 11.1 Å². The molecule has 0 unspecified atom stereocenters. The molecule has 4 rings (SSSR count). The van der Waals surface area contributed by atoms with Crippen molar-refractivity contribution in [3.63, 3.8) is 0 Å². The van der Waals surface area contributed by atoms with Gasteiger partial charge in [0.2, 0.25) is 0 Å². The summed E-state index contributed by atoms with van der Waals surface area (Å²) in [6.45, 7) is 4.11. The van der Waals surface area contributed by atoms with Crippen LogP contribution in [0, 0.1) is 5.92 Å². The van der Waals surface area contributed by atoms with Crippen LogP contribution >= 0.6 is 11.3 Å². The highest BCUT2D eigenvalue weighted by atomic mass is 32.1. The highest BCUT2D eigenvalue weighted by Crippen LogP contribution is 2.44. The predicted molar refractivity (Wildman–Crippen MR) is 115 cm³/mol. The first-order valence-electron chi connectivity index (χ1n) is 9.76. The lowest BCUT2D eigenvalue weighted by Gasteiger charge is -2.21. The van der Waals surface area contributed by atoms with Gasteiger partial charge < -0.3 is 15.2 Å². The third-order valence-electron chi connectivity index (χ3n) is 5.29. The molecule has 1 amide bonds. The van der Waals surface area contributed by atoms with Crippen molar-refractivity contribution in [2.45, 2.75) is 25.8 Å². The van der Waals surface area contributed by atoms with E-state index in [4.69, 9.17) is 9.84 Å². The quantitative estimate of drug-likeness (QED) is 0.578. The molecule has 0 saturated heterocycles. The molecule has 3 aromatic rings. The molecule has 7 heteroatoms. The summed E-state index contributed by atoms with van der Waals surface area (Å²) in [6, 6.07) is 15.9. The van der Waals surface area contributed by atoms with E-state index < -0.39 is 18.1 Å². The topological polar surface area (TPSA) is 88.5 Å². The maximum absolute atomic E-state index is 12.6. The number of fused-ring (bicyclic) bond motifs is 3. The number of nitrogens with one attached hydrogen (secondary N) is 1. The lowest BCUT2D eigenvalue weighted by molar-refractivity contribution is 0.0691. The second kappa shape index (κ2) is 8.28. The second-order valence-corrected chi connectivity index (χ2v) is 8.46. The number of hydrogen-bond donors (Lipinski definition) is 2. The van der Waals surface area contributed by atoms with Crippen LogP contribution < -0.4 is 5.32 Å². The number of carbonyl (C=O) groups excluding carboxylic acids is 1. The third kappa shape index (κ3) is 3.80. The van der Waals surface area contributed by atoms with E-state index in [2.05, 4.69) is 34.6 Å². The fourth-order valence-electron chi connectivity index (χ4n) is 3.81. The summed E-state index contributed by atoms with van der Waals surface area (Å²) in [4.78, 5) is 27.8. The summed E-state index contributed by atoms with van der Waals surface area (Å²) >= 11 is 1.22. The van der Waals surface area contributed by atoms with Gasteiger partial charge in [-0.2, -0.15) is 0 Å². The number of alkyl carbamates (subject to hydrolysis) is 1. The summed E-state index contributed by atoms with van der Waals surface area (Å²) in [6.07, 6.45) is -0.539. The molecule has 0 fully saturated rings. The summed E-state index contributed by atoms with van der Waals surface area (Å²) in [5.41, 5.74) is 4.63. The zero-order chi connectivity index (χ0) is 21.3. The molecular weight excluding hydrogens is 400 g/mol. The first kappa shape index (κ1) is 20.1. The Hall–Kier alpha value is -3.19. The second-order valence-electron chi connectivity index (χ2n) is 7.57. The monoisotopic (exact) mass is 422 g/mol. The maximum atomic E-state index is 12.6. The van der Waals surface area contributed by atoms with Gasteiger partial charge in [-0.25, -0.2) is 14.6 Å². The van der Waals surface area contributed by atoms with Crippen LogP contribution in [0.15, 0.2) is 53.9 Å². The van der Waals surface area contributed by atoms with Crippen LogP contribution in [0.25, 0.3) is 11.1 Å². The molecule has 1 aliphatic rings. The number of carboxylic acid groups (broad SMARTS) is 1. The number of aromatic carboxylic acids is 1. The molecule has 154 valence electrons. The number of hydrogen-bond acceptors (Lipinski definition) is 5. The molecule has 0 saturated carbocycles. The molecule has 30 heavy (non-hydrogen) atoms. The standard InChI is InChI=1S/C23H22N2O4S/c1-13(2)20(21-24-19(12-30-21)22(26)27)25-23(28)29-11-18-16-9-5-3-7-14(16)15-8-4-6-10-17(15)18/h3-10,12-13,18,20H,11H2,1-2H3,(H,25,28)(H,26,27)/t20-/m0/s1. The molecule has 1 aliphatic carbocycles. The normalized spacial score (nSPS) is 13.6. The number of amides is 1. The minimum Gasteiger partial charge on any atom is -0.476 e. The van der Waals surface area contributed by atoms with Crippen molar-refractivity contribution in [2.75, 3.05) is 6.61 Å². The minimum atomic E-state index is -1.08. The maximum Gasteiger partial charge on any atom is 0.407 e. The zero-order valence-corrected chi connectivity index (χ0v) is 17.5. The van der Waals surface area contributed by atoms with Crippen LogP contribution in [-0.4, -0.2) is 28.8 Å². The molecular formula is C23H22N2O4S. The highest BCUT2D eigenvalue weighted by Gasteiger charge is 2.30. The van der Waals surface area contributed by atoms with Gasteiger partial charge in [-0.1, -0.05) is 62.4 Å². The van der Waals surface area contributed by atoms with Crippen molar-refractivity contribution in [1.29, 1.82) is 0 Å². The number of carbonyl (C=O) groups is 2. The van der Waals surface area contributed by atoms with Crippen molar-refractivity contribution in [1.82, 2.24) is 10.3 Å². The molecule has 0 radical (unpaired) electrons. The fourth-order valence-corrected chi connectivity index (χ4v) is 4.82. The van der Waals surface area contributed by atoms with Crippen LogP contribution in [-0.2, 0) is 4.74 Å². The van der Waals surface area contributed by atoms with Crippen molar-refractivity contribution in [2.24, 2.45) is 5.92 Å². The van der Waals surface area contributed by atoms with Gasteiger partial charge in [0.25, 0.3) is 0 Å². The Balaban J connectivity index is 1.47. The molecule has 6 nitrogen and oxygen atoms in total. The van der Waals surface area contributed by atoms with Crippen LogP contribution in [0.2, 0.25) is 0 Å². The van der Waals surface area contributed by atoms with Gasteiger partial charge in [0.05, 0.1) is 6.04 Å². The van der Waals surface area contributed by atoms with Crippen molar-refractivity contribution in [3.8, 4) is 11.1 Å². The van der Waals surface area contributed by atoms with Crippen molar-refractivity contribution >= 4 is 23.4 Å². The van der Waals surface area contributed by atoms with Crippen LogP contribution in [0.1, 0.15) is 52.4 Å². The minimum absolute atomic E-state index is 0.0147. The molecule has 0 aliphatic heterocycles. The Morgan fingerprint density at radius 1 is 1.10 bits per heavy atom. The zero-order valence-electron chi connectivity index (χ0n) is 16.7. The van der Waals surface area contributed by atoms with Gasteiger partial charge in [-0.3, -0.25) is 0 Å². The lowest BCUT2D eigenvalue weighted by Crippen LogP contribution is -2.33. The summed E-state index contributed by atoms with van der Waals surface area (Å²) < 4.78 is 5.61. The van der Waals surface area contributed by atoms with E-state index in [0.29, 0.717) is 5.01 Å². The SMILES string of the molecule is CC(C)[C@H](NC(=O)OCC1c2ccccc2-c2ccccc21)c1nc(C(=O)O)cs1. The van der Waals surface area contributed by atoms with Gasteiger partial charge in [-0.05, 0) is 28.2 Å². The van der Waals surface area contributed by atoms with E-state index in [1.54, 1.807) is 0 Å². The average molecular weight is 423 g/mol. The fraction of sp³-hybridized carbons (Fsp3) is 0.261. The Labute approximate surface area is 178 Å². The van der Waals surface area contributed by atoms with E-state index in [-0.39, 0.29) is 24.1 Å². The number of nitrogens with zero attached hydrogens (tertiary/aromatic N) is 1. The Morgan fingerprint density at radius 2 is 1.70 bits per heavy atom. The van der Waals surface area contributed by atoms with E-state index in [9.17, 15) is 9.59 Å². The smallest absolute Gasteiger partial charge is 0.407 e. The number of carboxylic acids is 1. The van der Waals surface area contributed by atoms with E-state index in [1.807, 2.05) is 38.1 Å². The number of thiazole rings is 1. The van der Waals surface area contributed by atoms with Crippen LogP contribution in [0.5, 0.6) is 0 Å². The van der Waals surface area contributed by atoms with Crippen molar-refractivity contribution < 1.29 is 19.4 Å². The highest BCUT2D eigenvalue weighted by molar-refractivity contribution is 7.09. The Morgan fingerprint density at radius 3 is 2.23 bits per heavy atom. The van der Waals surface area contributed by atoms with Gasteiger partial charge in [0.15, 0.2) is 5.69 Å². The molecule has 1 heterocycles. The summed E-state index contributed by atoms with van der Waals surface area (Å²) in [5, 5.41) is 14.0. The lowest BCUT2D eigenvalue weighted by atomic mass is 9.98. The Bertz CT molecular complexity index is 1050. The molecule has 2 N–H and O–H groups in total. The van der Waals surface area contributed by atoms with Gasteiger partial charge in [0.1, 0.15) is 11.6 Å². The molecule has 0 bridgehead atoms.